The van der Waals surface area contributed by atoms with Gasteiger partial charge in [-0.15, -0.1) is 0 Å². The van der Waals surface area contributed by atoms with Crippen LogP contribution in [0.2, 0.25) is 5.02 Å². The molecule has 0 saturated heterocycles. The highest BCUT2D eigenvalue weighted by Crippen LogP contribution is 2.32. The van der Waals surface area contributed by atoms with E-state index in [4.69, 9.17) is 11.6 Å². The Morgan fingerprint density at radius 1 is 1.06 bits per heavy atom. The van der Waals surface area contributed by atoms with Crippen molar-refractivity contribution < 1.29 is 0 Å². The monoisotopic (exact) mass is 259 g/mol. The van der Waals surface area contributed by atoms with Gasteiger partial charge in [-0.1, -0.05) is 41.9 Å². The van der Waals surface area contributed by atoms with E-state index in [0.29, 0.717) is 0 Å². The second kappa shape index (κ2) is 5.55. The Morgan fingerprint density at radius 2 is 1.83 bits per heavy atom. The average molecular weight is 260 g/mol. The summed E-state index contributed by atoms with van der Waals surface area (Å²) >= 11 is 6.40. The SMILES string of the molecule is CNCc1ccc(-c2cccc(C)c2C)c(Cl)c1. The van der Waals surface area contributed by atoms with Crippen LogP contribution in [0.5, 0.6) is 0 Å². The second-order valence-electron chi connectivity index (χ2n) is 4.59. The molecule has 0 radical (unpaired) electrons. The standard InChI is InChI=1S/C16H18ClN/c1-11-5-4-6-14(12(11)2)15-8-7-13(10-18-3)9-16(15)17/h4-9,18H,10H2,1-3H3. The highest BCUT2D eigenvalue weighted by atomic mass is 35.5. The molecule has 0 bridgehead atoms. The first kappa shape index (κ1) is 13.1. The fourth-order valence-electron chi connectivity index (χ4n) is 2.13. The molecule has 2 rings (SSSR count). The molecule has 0 fully saturated rings. The highest BCUT2D eigenvalue weighted by Gasteiger charge is 2.08. The van der Waals surface area contributed by atoms with Gasteiger partial charge in [0, 0.05) is 17.1 Å². The molecule has 0 amide bonds. The summed E-state index contributed by atoms with van der Waals surface area (Å²) in [6.45, 7) is 5.11. The van der Waals surface area contributed by atoms with E-state index in [0.717, 1.165) is 17.1 Å². The van der Waals surface area contributed by atoms with Gasteiger partial charge in [-0.05, 0) is 49.2 Å². The number of hydrogen-bond acceptors (Lipinski definition) is 1. The smallest absolute Gasteiger partial charge is 0.0487 e. The summed E-state index contributed by atoms with van der Waals surface area (Å²) in [5.41, 5.74) is 6.12. The van der Waals surface area contributed by atoms with Gasteiger partial charge in [-0.3, -0.25) is 0 Å². The van der Waals surface area contributed by atoms with Gasteiger partial charge in [0.25, 0.3) is 0 Å². The summed E-state index contributed by atoms with van der Waals surface area (Å²) in [5, 5.41) is 3.95. The molecule has 1 N–H and O–H groups in total. The molecule has 2 heteroatoms. The number of halogens is 1. The van der Waals surface area contributed by atoms with Crippen molar-refractivity contribution in [3.8, 4) is 11.1 Å². The van der Waals surface area contributed by atoms with Crippen molar-refractivity contribution in [2.24, 2.45) is 0 Å². The Kier molecular flexibility index (Phi) is 4.05. The van der Waals surface area contributed by atoms with E-state index < -0.39 is 0 Å². The van der Waals surface area contributed by atoms with Gasteiger partial charge in [-0.2, -0.15) is 0 Å². The number of hydrogen-bond donors (Lipinski definition) is 1. The van der Waals surface area contributed by atoms with Crippen LogP contribution in [0.25, 0.3) is 11.1 Å². The molecule has 2 aromatic rings. The zero-order valence-electron chi connectivity index (χ0n) is 11.0. The molecule has 2 aromatic carbocycles. The topological polar surface area (TPSA) is 12.0 Å². The third kappa shape index (κ3) is 2.58. The van der Waals surface area contributed by atoms with Crippen LogP contribution in [0.3, 0.4) is 0 Å². The molecule has 0 aliphatic heterocycles. The average Bonchev–Trinajstić information content (AvgIpc) is 2.34. The van der Waals surface area contributed by atoms with E-state index in [-0.39, 0.29) is 0 Å². The van der Waals surface area contributed by atoms with Crippen molar-refractivity contribution in [2.75, 3.05) is 7.05 Å². The Labute approximate surface area is 114 Å². The molecule has 0 atom stereocenters. The molecule has 0 saturated carbocycles. The van der Waals surface area contributed by atoms with Crippen LogP contribution >= 0.6 is 11.6 Å². The number of benzene rings is 2. The van der Waals surface area contributed by atoms with Gasteiger partial charge < -0.3 is 5.32 Å². The van der Waals surface area contributed by atoms with Gasteiger partial charge >= 0.3 is 0 Å². The van der Waals surface area contributed by atoms with Crippen LogP contribution in [0, 0.1) is 13.8 Å². The molecule has 0 heterocycles. The molecule has 0 aliphatic rings. The molecule has 1 nitrogen and oxygen atoms in total. The Hall–Kier alpha value is -1.31. The lowest BCUT2D eigenvalue weighted by atomic mass is 9.96. The summed E-state index contributed by atoms with van der Waals surface area (Å²) in [6.07, 6.45) is 0. The minimum atomic E-state index is 0.816. The van der Waals surface area contributed by atoms with Crippen LogP contribution in [0.15, 0.2) is 36.4 Å². The van der Waals surface area contributed by atoms with Crippen molar-refractivity contribution in [3.05, 3.63) is 58.1 Å². The molecular weight excluding hydrogens is 242 g/mol. The first-order valence-electron chi connectivity index (χ1n) is 6.13. The first-order valence-corrected chi connectivity index (χ1v) is 6.51. The van der Waals surface area contributed by atoms with Crippen molar-refractivity contribution in [2.45, 2.75) is 20.4 Å². The Morgan fingerprint density at radius 3 is 2.50 bits per heavy atom. The largest absolute Gasteiger partial charge is 0.316 e. The van der Waals surface area contributed by atoms with E-state index in [1.807, 2.05) is 13.1 Å². The van der Waals surface area contributed by atoms with Crippen LogP contribution in [-0.4, -0.2) is 7.05 Å². The summed E-state index contributed by atoms with van der Waals surface area (Å²) < 4.78 is 0. The third-order valence-corrected chi connectivity index (χ3v) is 3.62. The zero-order valence-corrected chi connectivity index (χ0v) is 11.8. The van der Waals surface area contributed by atoms with Crippen molar-refractivity contribution >= 4 is 11.6 Å². The fraction of sp³-hybridized carbons (Fsp3) is 0.250. The fourth-order valence-corrected chi connectivity index (χ4v) is 2.44. The van der Waals surface area contributed by atoms with Gasteiger partial charge in [0.1, 0.15) is 0 Å². The highest BCUT2D eigenvalue weighted by molar-refractivity contribution is 6.33. The minimum absolute atomic E-state index is 0.816. The molecule has 0 aromatic heterocycles. The van der Waals surface area contributed by atoms with Crippen LogP contribution in [0.4, 0.5) is 0 Å². The van der Waals surface area contributed by atoms with Crippen LogP contribution in [-0.2, 0) is 6.54 Å². The lowest BCUT2D eigenvalue weighted by Crippen LogP contribution is -2.04. The van der Waals surface area contributed by atoms with E-state index in [1.54, 1.807) is 0 Å². The first-order chi connectivity index (χ1) is 8.63. The van der Waals surface area contributed by atoms with Gasteiger partial charge in [0.05, 0.1) is 0 Å². The van der Waals surface area contributed by atoms with Gasteiger partial charge in [0.2, 0.25) is 0 Å². The molecule has 0 aliphatic carbocycles. The predicted octanol–water partition coefficient (Wildman–Crippen LogP) is 4.34. The second-order valence-corrected chi connectivity index (χ2v) is 5.00. The quantitative estimate of drug-likeness (QED) is 0.865. The van der Waals surface area contributed by atoms with Crippen LogP contribution in [0.1, 0.15) is 16.7 Å². The van der Waals surface area contributed by atoms with E-state index in [2.05, 4.69) is 49.5 Å². The molecular formula is C16H18ClN. The number of rotatable bonds is 3. The van der Waals surface area contributed by atoms with E-state index in [1.165, 1.54) is 22.3 Å². The maximum Gasteiger partial charge on any atom is 0.0487 e. The summed E-state index contributed by atoms with van der Waals surface area (Å²) in [6, 6.07) is 12.6. The summed E-state index contributed by atoms with van der Waals surface area (Å²) in [7, 11) is 1.94. The number of aryl methyl sites for hydroxylation is 1. The van der Waals surface area contributed by atoms with E-state index >= 15 is 0 Å². The Bertz CT molecular complexity index is 561. The van der Waals surface area contributed by atoms with Crippen molar-refractivity contribution in [3.63, 3.8) is 0 Å². The van der Waals surface area contributed by atoms with Crippen molar-refractivity contribution in [1.82, 2.24) is 5.32 Å². The van der Waals surface area contributed by atoms with Crippen LogP contribution < -0.4 is 5.32 Å². The van der Waals surface area contributed by atoms with Crippen molar-refractivity contribution in [1.29, 1.82) is 0 Å². The number of nitrogens with one attached hydrogen (secondary N) is 1. The maximum atomic E-state index is 6.40. The minimum Gasteiger partial charge on any atom is -0.316 e. The normalized spacial score (nSPS) is 10.7. The zero-order chi connectivity index (χ0) is 13.1. The molecule has 0 spiro atoms. The maximum absolute atomic E-state index is 6.40. The lowest BCUT2D eigenvalue weighted by Gasteiger charge is -2.11. The lowest BCUT2D eigenvalue weighted by molar-refractivity contribution is 0.818. The molecule has 94 valence electrons. The van der Waals surface area contributed by atoms with E-state index in [9.17, 15) is 0 Å². The molecule has 18 heavy (non-hydrogen) atoms. The third-order valence-electron chi connectivity index (χ3n) is 3.31. The predicted molar refractivity (Wildman–Crippen MR) is 79.1 cm³/mol. The molecule has 0 unspecified atom stereocenters. The Balaban J connectivity index is 2.48. The van der Waals surface area contributed by atoms with Gasteiger partial charge in [0.15, 0.2) is 0 Å². The van der Waals surface area contributed by atoms with Gasteiger partial charge in [-0.25, -0.2) is 0 Å². The summed E-state index contributed by atoms with van der Waals surface area (Å²) in [5.74, 6) is 0. The summed E-state index contributed by atoms with van der Waals surface area (Å²) in [4.78, 5) is 0.